The Hall–Kier alpha value is -2.54. The first-order valence-electron chi connectivity index (χ1n) is 10.9. The van der Waals surface area contributed by atoms with Crippen LogP contribution in [0, 0.1) is 0 Å². The van der Waals surface area contributed by atoms with Crippen LogP contribution in [0.25, 0.3) is 10.9 Å². The number of para-hydroxylation sites is 1. The van der Waals surface area contributed by atoms with Gasteiger partial charge in [0.1, 0.15) is 11.5 Å². The Balaban J connectivity index is 1.47. The minimum absolute atomic E-state index is 0.199. The molecule has 1 aliphatic heterocycles. The highest BCUT2D eigenvalue weighted by Gasteiger charge is 2.27. The lowest BCUT2D eigenvalue weighted by atomic mass is 10.1. The van der Waals surface area contributed by atoms with Gasteiger partial charge in [-0.3, -0.25) is 9.80 Å². The van der Waals surface area contributed by atoms with Crippen LogP contribution in [-0.2, 0) is 20.1 Å². The second-order valence-electron chi connectivity index (χ2n) is 8.38. The molecule has 2 aromatic carbocycles. The third kappa shape index (κ3) is 4.87. The van der Waals surface area contributed by atoms with Crippen molar-refractivity contribution in [2.45, 2.75) is 25.6 Å². The van der Waals surface area contributed by atoms with Crippen LogP contribution in [0.3, 0.4) is 0 Å². The van der Waals surface area contributed by atoms with Gasteiger partial charge in [-0.15, -0.1) is 0 Å². The van der Waals surface area contributed by atoms with Crippen molar-refractivity contribution in [3.63, 3.8) is 0 Å². The molecule has 166 valence electrons. The lowest BCUT2D eigenvalue weighted by Gasteiger charge is -2.41. The molecular weight excluding hydrogens is 390 g/mol. The monoisotopic (exact) mass is 423 g/mol. The van der Waals surface area contributed by atoms with Gasteiger partial charge >= 0.3 is 0 Å². The summed E-state index contributed by atoms with van der Waals surface area (Å²) in [6.07, 6.45) is 3.02. The van der Waals surface area contributed by atoms with Gasteiger partial charge in [0.2, 0.25) is 0 Å². The summed E-state index contributed by atoms with van der Waals surface area (Å²) in [7, 11) is 5.47. The number of hydrogen-bond acceptors (Lipinski definition) is 5. The Morgan fingerprint density at radius 2 is 1.74 bits per heavy atom. The van der Waals surface area contributed by atoms with Crippen LogP contribution in [0.4, 0.5) is 0 Å². The van der Waals surface area contributed by atoms with E-state index in [-0.39, 0.29) is 6.61 Å². The Labute approximate surface area is 184 Å². The number of hydrogen-bond donors (Lipinski definition) is 1. The average molecular weight is 424 g/mol. The summed E-state index contributed by atoms with van der Waals surface area (Å²) in [6.45, 7) is 4.88. The minimum atomic E-state index is 0.199. The standard InChI is InChI=1S/C25H33N3O3/c1-26-16-20(24-6-4-5-7-25(24)26)17-27-9-10-28(21(18-27)8-11-29)15-19-12-22(30-2)14-23(13-19)31-3/h4-7,12-14,16,21,29H,8-11,15,17-18H2,1-3H3/t21-/m1/s1. The summed E-state index contributed by atoms with van der Waals surface area (Å²) >= 11 is 0. The number of aliphatic hydroxyl groups is 1. The number of nitrogens with zero attached hydrogens (tertiary/aromatic N) is 3. The van der Waals surface area contributed by atoms with Gasteiger partial charge in [-0.05, 0) is 35.7 Å². The molecule has 31 heavy (non-hydrogen) atoms. The number of ether oxygens (including phenoxy) is 2. The van der Waals surface area contributed by atoms with Crippen molar-refractivity contribution in [2.24, 2.45) is 7.05 Å². The number of benzene rings is 2. The maximum Gasteiger partial charge on any atom is 0.122 e. The minimum Gasteiger partial charge on any atom is -0.497 e. The average Bonchev–Trinajstić information content (AvgIpc) is 3.11. The second kappa shape index (κ2) is 9.73. The van der Waals surface area contributed by atoms with Crippen molar-refractivity contribution in [3.8, 4) is 11.5 Å². The molecular formula is C25H33N3O3. The summed E-state index contributed by atoms with van der Waals surface area (Å²) in [5, 5.41) is 11.0. The number of aromatic nitrogens is 1. The molecule has 0 amide bonds. The van der Waals surface area contributed by atoms with Gasteiger partial charge in [-0.2, -0.15) is 0 Å². The van der Waals surface area contributed by atoms with Crippen LogP contribution in [0.2, 0.25) is 0 Å². The van der Waals surface area contributed by atoms with Crippen molar-refractivity contribution in [3.05, 3.63) is 59.8 Å². The van der Waals surface area contributed by atoms with Gasteiger partial charge in [-0.25, -0.2) is 0 Å². The lowest BCUT2D eigenvalue weighted by Crippen LogP contribution is -2.52. The molecule has 0 radical (unpaired) electrons. The number of aryl methyl sites for hydroxylation is 1. The Morgan fingerprint density at radius 3 is 2.45 bits per heavy atom. The molecule has 0 aliphatic carbocycles. The van der Waals surface area contributed by atoms with Crippen molar-refractivity contribution >= 4 is 10.9 Å². The van der Waals surface area contributed by atoms with E-state index in [0.717, 1.165) is 50.6 Å². The molecule has 2 heterocycles. The zero-order chi connectivity index (χ0) is 21.8. The highest BCUT2D eigenvalue weighted by atomic mass is 16.5. The molecule has 0 unspecified atom stereocenters. The summed E-state index contributed by atoms with van der Waals surface area (Å²) < 4.78 is 13.1. The fourth-order valence-electron chi connectivity index (χ4n) is 4.72. The van der Waals surface area contributed by atoms with Crippen LogP contribution in [0.5, 0.6) is 11.5 Å². The van der Waals surface area contributed by atoms with E-state index < -0.39 is 0 Å². The molecule has 0 bridgehead atoms. The Bertz CT molecular complexity index is 994. The lowest BCUT2D eigenvalue weighted by molar-refractivity contribution is 0.0501. The predicted octanol–water partition coefficient (Wildman–Crippen LogP) is 3.26. The molecule has 1 N–H and O–H groups in total. The van der Waals surface area contributed by atoms with Crippen molar-refractivity contribution in [1.29, 1.82) is 0 Å². The van der Waals surface area contributed by atoms with E-state index in [1.807, 2.05) is 6.07 Å². The van der Waals surface area contributed by atoms with Crippen LogP contribution in [-0.4, -0.2) is 66.0 Å². The third-order valence-corrected chi connectivity index (χ3v) is 6.32. The van der Waals surface area contributed by atoms with E-state index in [0.29, 0.717) is 6.04 Å². The largest absolute Gasteiger partial charge is 0.497 e. The summed E-state index contributed by atoms with van der Waals surface area (Å²) in [4.78, 5) is 4.99. The van der Waals surface area contributed by atoms with Crippen molar-refractivity contribution < 1.29 is 14.6 Å². The SMILES string of the molecule is COc1cc(CN2CCN(Cc3cn(C)c4ccccc34)C[C@H]2CCO)cc(OC)c1. The smallest absolute Gasteiger partial charge is 0.122 e. The van der Waals surface area contributed by atoms with Gasteiger partial charge in [-0.1, -0.05) is 18.2 Å². The summed E-state index contributed by atoms with van der Waals surface area (Å²) in [6, 6.07) is 14.9. The van der Waals surface area contributed by atoms with E-state index in [1.165, 1.54) is 22.0 Å². The normalized spacial score (nSPS) is 17.9. The predicted molar refractivity (Wildman–Crippen MR) is 124 cm³/mol. The molecule has 4 rings (SSSR count). The fourth-order valence-corrected chi connectivity index (χ4v) is 4.72. The first-order valence-corrected chi connectivity index (χ1v) is 10.9. The van der Waals surface area contributed by atoms with Crippen molar-refractivity contribution in [2.75, 3.05) is 40.5 Å². The van der Waals surface area contributed by atoms with Gasteiger partial charge in [0.25, 0.3) is 0 Å². The van der Waals surface area contributed by atoms with E-state index in [1.54, 1.807) is 14.2 Å². The van der Waals surface area contributed by atoms with Crippen LogP contribution >= 0.6 is 0 Å². The third-order valence-electron chi connectivity index (χ3n) is 6.32. The van der Waals surface area contributed by atoms with Gasteiger partial charge < -0.3 is 19.1 Å². The van der Waals surface area contributed by atoms with Crippen LogP contribution < -0.4 is 9.47 Å². The molecule has 1 aliphatic rings. The zero-order valence-corrected chi connectivity index (χ0v) is 18.8. The second-order valence-corrected chi connectivity index (χ2v) is 8.38. The summed E-state index contributed by atoms with van der Waals surface area (Å²) in [5.74, 6) is 1.62. The molecule has 3 aromatic rings. The maximum absolute atomic E-state index is 9.70. The highest BCUT2D eigenvalue weighted by molar-refractivity contribution is 5.83. The van der Waals surface area contributed by atoms with Gasteiger partial charge in [0, 0.05) is 75.6 Å². The quantitative estimate of drug-likeness (QED) is 0.603. The Morgan fingerprint density at radius 1 is 1.00 bits per heavy atom. The number of piperazine rings is 1. The highest BCUT2D eigenvalue weighted by Crippen LogP contribution is 2.27. The zero-order valence-electron chi connectivity index (χ0n) is 18.8. The van der Waals surface area contributed by atoms with E-state index >= 15 is 0 Å². The number of aliphatic hydroxyl groups excluding tert-OH is 1. The van der Waals surface area contributed by atoms with Crippen LogP contribution in [0.1, 0.15) is 17.5 Å². The van der Waals surface area contributed by atoms with Crippen molar-refractivity contribution in [1.82, 2.24) is 14.4 Å². The molecule has 1 atom stereocenters. The first-order chi connectivity index (χ1) is 15.1. The first kappa shape index (κ1) is 21.7. The number of fused-ring (bicyclic) bond motifs is 1. The fraction of sp³-hybridized carbons (Fsp3) is 0.440. The van der Waals surface area contributed by atoms with Crippen LogP contribution in [0.15, 0.2) is 48.7 Å². The number of methoxy groups -OCH3 is 2. The summed E-state index contributed by atoms with van der Waals surface area (Å²) in [5.41, 5.74) is 3.81. The van der Waals surface area contributed by atoms with E-state index in [9.17, 15) is 5.11 Å². The molecule has 0 saturated carbocycles. The molecule has 6 nitrogen and oxygen atoms in total. The van der Waals surface area contributed by atoms with Gasteiger partial charge in [0.15, 0.2) is 0 Å². The van der Waals surface area contributed by atoms with E-state index in [2.05, 4.69) is 64.0 Å². The molecule has 1 aromatic heterocycles. The topological polar surface area (TPSA) is 50.1 Å². The van der Waals surface area contributed by atoms with E-state index in [4.69, 9.17) is 9.47 Å². The molecule has 0 spiro atoms. The number of rotatable bonds is 8. The maximum atomic E-state index is 9.70. The molecule has 6 heteroatoms. The molecule has 1 fully saturated rings. The molecule has 1 saturated heterocycles. The van der Waals surface area contributed by atoms with Gasteiger partial charge in [0.05, 0.1) is 14.2 Å². The Kier molecular flexibility index (Phi) is 6.80.